The van der Waals surface area contributed by atoms with Crippen molar-refractivity contribution in [3.63, 3.8) is 0 Å². The third kappa shape index (κ3) is 4.00. The zero-order chi connectivity index (χ0) is 21.4. The number of phenols is 1. The summed E-state index contributed by atoms with van der Waals surface area (Å²) in [7, 11) is 0. The van der Waals surface area contributed by atoms with E-state index in [1.165, 1.54) is 33.6 Å². The molecular formula is C18H13Cl3N4O3S2. The largest absolute Gasteiger partial charge is 0.508 e. The van der Waals surface area contributed by atoms with E-state index in [9.17, 15) is 9.90 Å². The molecule has 3 aromatic rings. The second kappa shape index (κ2) is 8.68. The van der Waals surface area contributed by atoms with Crippen molar-refractivity contribution >= 4 is 64.7 Å². The van der Waals surface area contributed by atoms with Crippen molar-refractivity contribution in [1.82, 2.24) is 14.9 Å². The highest BCUT2D eigenvalue weighted by atomic mass is 35.5. The van der Waals surface area contributed by atoms with Crippen molar-refractivity contribution in [2.24, 2.45) is 0 Å². The molecule has 1 unspecified atom stereocenters. The second-order valence-corrected chi connectivity index (χ2v) is 8.91. The molecule has 2 N–H and O–H groups in total. The Bertz CT molecular complexity index is 1160. The van der Waals surface area contributed by atoms with E-state index in [2.05, 4.69) is 10.2 Å². The van der Waals surface area contributed by atoms with Crippen molar-refractivity contribution in [3.05, 3.63) is 67.6 Å². The SMILES string of the molecule is O=C1CSC(c2ccccc2O)N1n1c(COc2c(Cl)cc(Cl)cc2Cl)n[nH]c1=S. The molecule has 1 atom stereocenters. The number of rotatable bonds is 5. The third-order valence-corrected chi connectivity index (χ3v) is 6.51. The number of carbonyl (C=O) groups is 1. The number of aromatic nitrogens is 3. The van der Waals surface area contributed by atoms with Crippen LogP contribution in [0.15, 0.2) is 36.4 Å². The van der Waals surface area contributed by atoms with Gasteiger partial charge in [0.15, 0.2) is 11.6 Å². The summed E-state index contributed by atoms with van der Waals surface area (Å²) in [5.74, 6) is 0.693. The highest BCUT2D eigenvalue weighted by Crippen LogP contribution is 2.41. The van der Waals surface area contributed by atoms with E-state index in [-0.39, 0.29) is 44.6 Å². The number of amides is 1. The summed E-state index contributed by atoms with van der Waals surface area (Å²) in [4.78, 5) is 12.7. The van der Waals surface area contributed by atoms with Gasteiger partial charge in [0.2, 0.25) is 4.77 Å². The normalized spacial score (nSPS) is 16.3. The van der Waals surface area contributed by atoms with Gasteiger partial charge in [0.05, 0.1) is 15.8 Å². The smallest absolute Gasteiger partial charge is 0.252 e. The monoisotopic (exact) mass is 502 g/mol. The topological polar surface area (TPSA) is 83.4 Å². The predicted octanol–water partition coefficient (Wildman–Crippen LogP) is 5.10. The Balaban J connectivity index is 1.67. The fourth-order valence-corrected chi connectivity index (χ4v) is 5.33. The van der Waals surface area contributed by atoms with E-state index in [1.54, 1.807) is 24.3 Å². The lowest BCUT2D eigenvalue weighted by molar-refractivity contribution is -0.117. The number of H-pyrrole nitrogens is 1. The molecule has 0 saturated carbocycles. The van der Waals surface area contributed by atoms with Crippen LogP contribution < -0.4 is 9.75 Å². The molecular weight excluding hydrogens is 491 g/mol. The number of ether oxygens (including phenoxy) is 1. The van der Waals surface area contributed by atoms with Crippen molar-refractivity contribution < 1.29 is 14.6 Å². The Morgan fingerprint density at radius 3 is 2.67 bits per heavy atom. The van der Waals surface area contributed by atoms with Crippen LogP contribution in [0.1, 0.15) is 16.8 Å². The van der Waals surface area contributed by atoms with Gasteiger partial charge in [-0.1, -0.05) is 53.0 Å². The highest BCUT2D eigenvalue weighted by molar-refractivity contribution is 8.00. The molecule has 0 spiro atoms. The van der Waals surface area contributed by atoms with Crippen LogP contribution in [0.5, 0.6) is 11.5 Å². The van der Waals surface area contributed by atoms with E-state index in [4.69, 9.17) is 51.8 Å². The summed E-state index contributed by atoms with van der Waals surface area (Å²) in [6, 6.07) is 9.85. The fraction of sp³-hybridized carbons (Fsp3) is 0.167. The Morgan fingerprint density at radius 2 is 1.97 bits per heavy atom. The minimum absolute atomic E-state index is 0.0733. The average molecular weight is 504 g/mol. The molecule has 1 fully saturated rings. The first-order valence-corrected chi connectivity index (χ1v) is 11.1. The molecule has 1 saturated heterocycles. The lowest BCUT2D eigenvalue weighted by Crippen LogP contribution is -2.39. The predicted molar refractivity (Wildman–Crippen MR) is 120 cm³/mol. The molecule has 0 bridgehead atoms. The number of aromatic hydroxyl groups is 1. The van der Waals surface area contributed by atoms with E-state index in [0.717, 1.165) is 0 Å². The lowest BCUT2D eigenvalue weighted by atomic mass is 10.2. The first-order chi connectivity index (χ1) is 14.4. The maximum atomic E-state index is 12.7. The summed E-state index contributed by atoms with van der Waals surface area (Å²) in [6.45, 7) is -0.0733. The van der Waals surface area contributed by atoms with Gasteiger partial charge in [0.25, 0.3) is 5.91 Å². The molecule has 1 aliphatic rings. The van der Waals surface area contributed by atoms with Gasteiger partial charge >= 0.3 is 0 Å². The van der Waals surface area contributed by atoms with Crippen LogP contribution in [0, 0.1) is 4.77 Å². The van der Waals surface area contributed by atoms with E-state index in [1.807, 2.05) is 0 Å². The summed E-state index contributed by atoms with van der Waals surface area (Å²) in [5.41, 5.74) is 0.590. The zero-order valence-corrected chi connectivity index (χ0v) is 18.9. The summed E-state index contributed by atoms with van der Waals surface area (Å²) < 4.78 is 7.43. The molecule has 156 valence electrons. The molecule has 1 aliphatic heterocycles. The number of nitrogens with one attached hydrogen (secondary N) is 1. The maximum Gasteiger partial charge on any atom is 0.252 e. The zero-order valence-electron chi connectivity index (χ0n) is 15.0. The summed E-state index contributed by atoms with van der Waals surface area (Å²) in [6.07, 6.45) is 0. The Hall–Kier alpha value is -1.91. The number of para-hydroxylation sites is 1. The molecule has 4 rings (SSSR count). The van der Waals surface area contributed by atoms with Crippen LogP contribution >= 0.6 is 58.8 Å². The molecule has 2 aromatic carbocycles. The van der Waals surface area contributed by atoms with Gasteiger partial charge in [-0.2, -0.15) is 5.10 Å². The minimum Gasteiger partial charge on any atom is -0.508 e. The number of halogens is 3. The maximum absolute atomic E-state index is 12.7. The van der Waals surface area contributed by atoms with Gasteiger partial charge < -0.3 is 9.84 Å². The van der Waals surface area contributed by atoms with Crippen LogP contribution in [0.3, 0.4) is 0 Å². The van der Waals surface area contributed by atoms with Crippen LogP contribution in [0.25, 0.3) is 0 Å². The molecule has 1 amide bonds. The number of hydrogen-bond acceptors (Lipinski definition) is 6. The lowest BCUT2D eigenvalue weighted by Gasteiger charge is -2.26. The molecule has 30 heavy (non-hydrogen) atoms. The summed E-state index contributed by atoms with van der Waals surface area (Å²) in [5, 5.41) is 19.0. The van der Waals surface area contributed by atoms with Crippen molar-refractivity contribution in [1.29, 1.82) is 0 Å². The Morgan fingerprint density at radius 1 is 1.27 bits per heavy atom. The fourth-order valence-electron chi connectivity index (χ4n) is 3.00. The van der Waals surface area contributed by atoms with Crippen LogP contribution in [0.2, 0.25) is 15.1 Å². The van der Waals surface area contributed by atoms with E-state index >= 15 is 0 Å². The van der Waals surface area contributed by atoms with E-state index < -0.39 is 5.37 Å². The van der Waals surface area contributed by atoms with Crippen LogP contribution in [0.4, 0.5) is 0 Å². The Kier molecular flexibility index (Phi) is 6.17. The molecule has 2 heterocycles. The van der Waals surface area contributed by atoms with Crippen LogP contribution in [-0.2, 0) is 11.4 Å². The summed E-state index contributed by atoms with van der Waals surface area (Å²) >= 11 is 25.0. The van der Waals surface area contributed by atoms with Gasteiger partial charge in [-0.3, -0.25) is 9.89 Å². The van der Waals surface area contributed by atoms with E-state index in [0.29, 0.717) is 16.4 Å². The number of hydrogen-bond donors (Lipinski definition) is 2. The van der Waals surface area contributed by atoms with Crippen LogP contribution in [-0.4, -0.2) is 31.6 Å². The van der Waals surface area contributed by atoms with Gasteiger partial charge in [-0.15, -0.1) is 11.8 Å². The minimum atomic E-state index is -0.482. The second-order valence-electron chi connectivity index (χ2n) is 6.20. The van der Waals surface area contributed by atoms with Crippen molar-refractivity contribution in [3.8, 4) is 11.5 Å². The van der Waals surface area contributed by atoms with Crippen molar-refractivity contribution in [2.75, 3.05) is 10.8 Å². The van der Waals surface area contributed by atoms with Gasteiger partial charge in [0, 0.05) is 10.6 Å². The standard InChI is InChI=1S/C18H13Cl3N4O3S2/c19-9-5-11(20)16(12(21)6-9)28-7-14-22-23-18(29)24(14)25-15(27)8-30-17(25)10-3-1-2-4-13(10)26/h1-6,17,26H,7-8H2,(H,23,29). The van der Waals surface area contributed by atoms with Gasteiger partial charge in [-0.05, 0) is 30.4 Å². The molecule has 0 radical (unpaired) electrons. The quantitative estimate of drug-likeness (QED) is 0.472. The molecule has 0 aliphatic carbocycles. The number of phenolic OH excluding ortho intramolecular Hbond substituents is 1. The third-order valence-electron chi connectivity index (χ3n) is 4.29. The number of benzene rings is 2. The number of aromatic amines is 1. The number of thioether (sulfide) groups is 1. The molecule has 7 nitrogen and oxygen atoms in total. The average Bonchev–Trinajstić information content (AvgIpc) is 3.23. The van der Waals surface area contributed by atoms with Gasteiger partial charge in [-0.25, -0.2) is 9.69 Å². The van der Waals surface area contributed by atoms with Gasteiger partial charge in [0.1, 0.15) is 17.7 Å². The molecule has 1 aromatic heterocycles. The Labute approximate surface area is 195 Å². The first-order valence-electron chi connectivity index (χ1n) is 8.52. The highest BCUT2D eigenvalue weighted by Gasteiger charge is 2.37. The molecule has 12 heteroatoms. The first kappa shape index (κ1) is 21.3. The number of carbonyl (C=O) groups excluding carboxylic acids is 1. The number of nitrogens with zero attached hydrogens (tertiary/aromatic N) is 3. The van der Waals surface area contributed by atoms with Crippen molar-refractivity contribution in [2.45, 2.75) is 12.0 Å².